The van der Waals surface area contributed by atoms with Gasteiger partial charge in [0.1, 0.15) is 5.75 Å². The highest BCUT2D eigenvalue weighted by atomic mass is 32.2. The first-order valence-electron chi connectivity index (χ1n) is 10.6. The molecule has 1 N–H and O–H groups in total. The van der Waals surface area contributed by atoms with Crippen LogP contribution in [0.2, 0.25) is 0 Å². The van der Waals surface area contributed by atoms with Gasteiger partial charge in [0, 0.05) is 19.6 Å². The zero-order valence-corrected chi connectivity index (χ0v) is 19.5. The van der Waals surface area contributed by atoms with Crippen LogP contribution in [-0.4, -0.2) is 53.6 Å². The van der Waals surface area contributed by atoms with Crippen molar-refractivity contribution in [2.24, 2.45) is 0 Å². The quantitative estimate of drug-likeness (QED) is 0.648. The number of ether oxygens (including phenoxy) is 3. The molecule has 32 heavy (non-hydrogen) atoms. The van der Waals surface area contributed by atoms with E-state index in [-0.39, 0.29) is 22.9 Å². The van der Waals surface area contributed by atoms with Crippen molar-refractivity contribution in [3.05, 3.63) is 47.5 Å². The van der Waals surface area contributed by atoms with Crippen molar-refractivity contribution in [1.29, 1.82) is 0 Å². The molecule has 9 heteroatoms. The van der Waals surface area contributed by atoms with E-state index in [1.807, 2.05) is 0 Å². The Balaban J connectivity index is 1.81. The number of nitrogens with zero attached hydrogens (tertiary/aromatic N) is 1. The molecule has 8 nitrogen and oxygen atoms in total. The highest BCUT2D eigenvalue weighted by Gasteiger charge is 2.24. The van der Waals surface area contributed by atoms with Crippen LogP contribution in [0, 0.1) is 0 Å². The molecule has 174 valence electrons. The van der Waals surface area contributed by atoms with Gasteiger partial charge in [-0.1, -0.05) is 18.9 Å². The van der Waals surface area contributed by atoms with Gasteiger partial charge in [-0.25, -0.2) is 13.1 Å². The molecule has 1 heterocycles. The molecule has 0 aliphatic carbocycles. The Morgan fingerprint density at radius 2 is 1.50 bits per heavy atom. The Hall–Kier alpha value is -2.78. The largest absolute Gasteiger partial charge is 0.496 e. The third-order valence-electron chi connectivity index (χ3n) is 5.52. The summed E-state index contributed by atoms with van der Waals surface area (Å²) in [5, 5.41) is 0. The van der Waals surface area contributed by atoms with Gasteiger partial charge in [0.2, 0.25) is 10.0 Å². The van der Waals surface area contributed by atoms with Gasteiger partial charge in [0.05, 0.1) is 31.8 Å². The van der Waals surface area contributed by atoms with Crippen LogP contribution in [0.3, 0.4) is 0 Å². The van der Waals surface area contributed by atoms with Crippen molar-refractivity contribution in [3.8, 4) is 17.2 Å². The van der Waals surface area contributed by atoms with Crippen molar-refractivity contribution >= 4 is 15.9 Å². The molecule has 2 aromatic rings. The zero-order valence-electron chi connectivity index (χ0n) is 18.7. The second-order valence-electron chi connectivity index (χ2n) is 7.58. The van der Waals surface area contributed by atoms with Gasteiger partial charge in [-0.2, -0.15) is 0 Å². The van der Waals surface area contributed by atoms with Crippen molar-refractivity contribution in [2.45, 2.75) is 37.1 Å². The van der Waals surface area contributed by atoms with Gasteiger partial charge < -0.3 is 19.1 Å². The molecular formula is C23H30N2O6S. The molecule has 1 aliphatic heterocycles. The molecule has 1 aliphatic rings. The number of benzene rings is 2. The lowest BCUT2D eigenvalue weighted by atomic mass is 10.1. The molecular weight excluding hydrogens is 432 g/mol. The summed E-state index contributed by atoms with van der Waals surface area (Å²) in [6, 6.07) is 9.54. The highest BCUT2D eigenvalue weighted by Crippen LogP contribution is 2.28. The first kappa shape index (κ1) is 23.9. The average Bonchev–Trinajstić information content (AvgIpc) is 3.11. The van der Waals surface area contributed by atoms with Crippen LogP contribution in [0.5, 0.6) is 17.2 Å². The van der Waals surface area contributed by atoms with E-state index < -0.39 is 10.0 Å². The first-order valence-corrected chi connectivity index (χ1v) is 12.1. The number of carbonyl (C=O) groups is 1. The molecule has 1 saturated heterocycles. The van der Waals surface area contributed by atoms with Crippen LogP contribution >= 0.6 is 0 Å². The minimum Gasteiger partial charge on any atom is -0.496 e. The summed E-state index contributed by atoms with van der Waals surface area (Å²) in [5.74, 6) is 1.23. The van der Waals surface area contributed by atoms with Crippen LogP contribution < -0.4 is 18.9 Å². The second-order valence-corrected chi connectivity index (χ2v) is 9.35. The summed E-state index contributed by atoms with van der Waals surface area (Å²) in [6.07, 6.45) is 4.07. The number of methoxy groups -OCH3 is 3. The van der Waals surface area contributed by atoms with E-state index in [4.69, 9.17) is 14.2 Å². The predicted molar refractivity (Wildman–Crippen MR) is 121 cm³/mol. The minimum atomic E-state index is -3.86. The van der Waals surface area contributed by atoms with E-state index >= 15 is 0 Å². The lowest BCUT2D eigenvalue weighted by molar-refractivity contribution is 0.0758. The standard InChI is InChI=1S/C23H30N2O6S/c1-29-20-11-9-18(15-19(20)23(26)25-12-6-4-5-7-13-25)32(27,28)24-16-17-8-10-21(30-2)22(14-17)31-3/h8-11,14-15,24H,4-7,12-13,16H2,1-3H3. The molecule has 1 fully saturated rings. The molecule has 0 bridgehead atoms. The van der Waals surface area contributed by atoms with Crippen molar-refractivity contribution in [1.82, 2.24) is 9.62 Å². The van der Waals surface area contributed by atoms with Crippen LogP contribution in [-0.2, 0) is 16.6 Å². The maximum atomic E-state index is 13.1. The summed E-state index contributed by atoms with van der Waals surface area (Å²) in [4.78, 5) is 14.9. The normalized spacial score (nSPS) is 14.5. The van der Waals surface area contributed by atoms with E-state index in [0.717, 1.165) is 25.7 Å². The Bertz CT molecular complexity index is 1050. The summed E-state index contributed by atoms with van der Waals surface area (Å²) < 4.78 is 44.3. The first-order chi connectivity index (χ1) is 15.4. The van der Waals surface area contributed by atoms with E-state index in [0.29, 0.717) is 35.9 Å². The van der Waals surface area contributed by atoms with Crippen molar-refractivity contribution in [2.75, 3.05) is 34.4 Å². The second kappa shape index (κ2) is 10.7. The van der Waals surface area contributed by atoms with Gasteiger partial charge in [-0.3, -0.25) is 4.79 Å². The number of amides is 1. The molecule has 0 unspecified atom stereocenters. The molecule has 2 aromatic carbocycles. The maximum absolute atomic E-state index is 13.1. The molecule has 3 rings (SSSR count). The Morgan fingerprint density at radius 1 is 0.875 bits per heavy atom. The fraction of sp³-hybridized carbons (Fsp3) is 0.435. The number of rotatable bonds is 8. The number of hydrogen-bond donors (Lipinski definition) is 1. The van der Waals surface area contributed by atoms with Gasteiger partial charge in [0.15, 0.2) is 11.5 Å². The third-order valence-corrected chi connectivity index (χ3v) is 6.92. The predicted octanol–water partition coefficient (Wildman–Crippen LogP) is 3.21. The number of hydrogen-bond acceptors (Lipinski definition) is 6. The van der Waals surface area contributed by atoms with Crippen molar-refractivity contribution < 1.29 is 27.4 Å². The Kier molecular flexibility index (Phi) is 7.98. The number of likely N-dealkylation sites (tertiary alicyclic amines) is 1. The minimum absolute atomic E-state index is 0.0111. The summed E-state index contributed by atoms with van der Waals surface area (Å²) in [6.45, 7) is 1.39. The van der Waals surface area contributed by atoms with Crippen LogP contribution in [0.1, 0.15) is 41.6 Å². The lowest BCUT2D eigenvalue weighted by Crippen LogP contribution is -2.32. The molecule has 0 radical (unpaired) electrons. The van der Waals surface area contributed by atoms with Crippen LogP contribution in [0.15, 0.2) is 41.3 Å². The Morgan fingerprint density at radius 3 is 2.12 bits per heavy atom. The maximum Gasteiger partial charge on any atom is 0.257 e. The zero-order chi connectivity index (χ0) is 23.1. The Labute approximate surface area is 189 Å². The van der Waals surface area contributed by atoms with Gasteiger partial charge >= 0.3 is 0 Å². The monoisotopic (exact) mass is 462 g/mol. The fourth-order valence-corrected chi connectivity index (χ4v) is 4.76. The molecule has 0 saturated carbocycles. The summed E-state index contributed by atoms with van der Waals surface area (Å²) >= 11 is 0. The van der Waals surface area contributed by atoms with Gasteiger partial charge in [-0.05, 0) is 48.7 Å². The SMILES string of the molecule is COc1ccc(CNS(=O)(=O)c2ccc(OC)c(C(=O)N3CCCCCC3)c2)cc1OC. The topological polar surface area (TPSA) is 94.2 Å². The summed E-state index contributed by atoms with van der Waals surface area (Å²) in [5.41, 5.74) is 0.962. The average molecular weight is 463 g/mol. The van der Waals surface area contributed by atoms with Crippen LogP contribution in [0.25, 0.3) is 0 Å². The molecule has 1 amide bonds. The third kappa shape index (κ3) is 5.52. The van der Waals surface area contributed by atoms with E-state index in [2.05, 4.69) is 4.72 Å². The van der Waals surface area contributed by atoms with E-state index in [9.17, 15) is 13.2 Å². The fourth-order valence-electron chi connectivity index (χ4n) is 3.72. The molecule has 0 atom stereocenters. The number of carbonyl (C=O) groups excluding carboxylic acids is 1. The number of nitrogens with one attached hydrogen (secondary N) is 1. The highest BCUT2D eigenvalue weighted by molar-refractivity contribution is 7.89. The molecule has 0 spiro atoms. The van der Waals surface area contributed by atoms with Gasteiger partial charge in [-0.15, -0.1) is 0 Å². The number of sulfonamides is 1. The van der Waals surface area contributed by atoms with E-state index in [1.54, 1.807) is 23.1 Å². The lowest BCUT2D eigenvalue weighted by Gasteiger charge is -2.22. The van der Waals surface area contributed by atoms with E-state index in [1.165, 1.54) is 39.5 Å². The summed E-state index contributed by atoms with van der Waals surface area (Å²) in [7, 11) is 0.665. The molecule has 0 aromatic heterocycles. The van der Waals surface area contributed by atoms with Gasteiger partial charge in [0.25, 0.3) is 5.91 Å². The van der Waals surface area contributed by atoms with Crippen LogP contribution in [0.4, 0.5) is 0 Å². The van der Waals surface area contributed by atoms with Crippen molar-refractivity contribution in [3.63, 3.8) is 0 Å². The smallest absolute Gasteiger partial charge is 0.257 e.